The number of ether oxygens (including phenoxy) is 1. The molecule has 1 aliphatic carbocycles. The van der Waals surface area contributed by atoms with Gasteiger partial charge in [0.25, 0.3) is 5.56 Å². The van der Waals surface area contributed by atoms with Crippen LogP contribution in [0.25, 0.3) is 15.9 Å². The summed E-state index contributed by atoms with van der Waals surface area (Å²) >= 11 is 2.89. The van der Waals surface area contributed by atoms with Gasteiger partial charge in [0.05, 0.1) is 23.9 Å². The minimum absolute atomic E-state index is 0.0565. The molecule has 0 fully saturated rings. The molecule has 0 saturated carbocycles. The first-order valence-corrected chi connectivity index (χ1v) is 13.0. The summed E-state index contributed by atoms with van der Waals surface area (Å²) in [4.78, 5) is 33.4. The van der Waals surface area contributed by atoms with Gasteiger partial charge in [0.2, 0.25) is 5.91 Å². The average Bonchev–Trinajstić information content (AvgIpc) is 3.21. The van der Waals surface area contributed by atoms with Crippen molar-refractivity contribution in [3.05, 3.63) is 75.4 Å². The van der Waals surface area contributed by atoms with Crippen LogP contribution in [0.2, 0.25) is 0 Å². The van der Waals surface area contributed by atoms with E-state index in [-0.39, 0.29) is 17.2 Å². The lowest BCUT2D eigenvalue weighted by molar-refractivity contribution is -0.113. The van der Waals surface area contributed by atoms with E-state index >= 15 is 0 Å². The molecule has 1 N–H and O–H groups in total. The number of nitrogens with zero attached hydrogens (tertiary/aromatic N) is 2. The van der Waals surface area contributed by atoms with Crippen molar-refractivity contribution in [2.45, 2.75) is 31.3 Å². The summed E-state index contributed by atoms with van der Waals surface area (Å²) in [6.45, 7) is 2.26. The van der Waals surface area contributed by atoms with E-state index in [0.29, 0.717) is 22.5 Å². The van der Waals surface area contributed by atoms with Crippen LogP contribution in [0.3, 0.4) is 0 Å². The first-order valence-electron chi connectivity index (χ1n) is 11.2. The molecule has 5 rings (SSSR count). The maximum atomic E-state index is 13.8. The molecule has 1 atom stereocenters. The Morgan fingerprint density at radius 2 is 2.06 bits per heavy atom. The number of nitrogens with one attached hydrogen (secondary N) is 1. The van der Waals surface area contributed by atoms with Gasteiger partial charge < -0.3 is 10.1 Å². The maximum Gasteiger partial charge on any atom is 0.267 e. The van der Waals surface area contributed by atoms with Gasteiger partial charge in [0.1, 0.15) is 10.6 Å². The topological polar surface area (TPSA) is 73.2 Å². The number of anilines is 1. The molecule has 0 unspecified atom stereocenters. The molecular weight excluding hydrogens is 466 g/mol. The van der Waals surface area contributed by atoms with Crippen molar-refractivity contribution >= 4 is 44.9 Å². The fraction of sp³-hybridized carbons (Fsp3) is 0.269. The number of methoxy groups -OCH3 is 1. The molecule has 0 aliphatic heterocycles. The molecule has 6 nitrogen and oxygen atoms in total. The fourth-order valence-electron chi connectivity index (χ4n) is 4.30. The van der Waals surface area contributed by atoms with E-state index in [0.717, 1.165) is 40.7 Å². The Kier molecular flexibility index (Phi) is 6.43. The standard InChI is InChI=1S/C26H25N3O3S2/c1-16-11-12-20-21(13-16)34-24-23(20)25(31)29(18-8-4-3-5-9-18)26(28-24)33-15-22(30)27-17-7-6-10-19(14-17)32-2/h3-10,14,16H,11-13,15H2,1-2H3,(H,27,30)/t16-/m0/s1. The quantitative estimate of drug-likeness (QED) is 0.292. The molecule has 1 aliphatic rings. The summed E-state index contributed by atoms with van der Waals surface area (Å²) in [5.74, 6) is 1.24. The SMILES string of the molecule is COc1cccc(NC(=O)CSc2nc3sc4c(c3c(=O)n2-c2ccccc2)CC[C@H](C)C4)c1. The van der Waals surface area contributed by atoms with Gasteiger partial charge in [-0.2, -0.15) is 0 Å². The molecule has 0 bridgehead atoms. The van der Waals surface area contributed by atoms with Crippen LogP contribution >= 0.6 is 23.1 Å². The molecule has 4 aromatic rings. The third-order valence-corrected chi connectivity index (χ3v) is 8.09. The van der Waals surface area contributed by atoms with Crippen LogP contribution in [0.15, 0.2) is 64.5 Å². The number of aryl methyl sites for hydroxylation is 1. The predicted octanol–water partition coefficient (Wildman–Crippen LogP) is 5.31. The van der Waals surface area contributed by atoms with Gasteiger partial charge in [-0.15, -0.1) is 11.3 Å². The minimum atomic E-state index is -0.175. The zero-order chi connectivity index (χ0) is 23.7. The van der Waals surface area contributed by atoms with Crippen molar-refractivity contribution in [3.8, 4) is 11.4 Å². The van der Waals surface area contributed by atoms with E-state index in [4.69, 9.17) is 9.72 Å². The Hall–Kier alpha value is -3.10. The third-order valence-electron chi connectivity index (χ3n) is 6.00. The summed E-state index contributed by atoms with van der Waals surface area (Å²) in [7, 11) is 1.59. The molecule has 174 valence electrons. The van der Waals surface area contributed by atoms with Gasteiger partial charge in [-0.1, -0.05) is 43.0 Å². The molecule has 34 heavy (non-hydrogen) atoms. The lowest BCUT2D eigenvalue weighted by Crippen LogP contribution is -2.23. The van der Waals surface area contributed by atoms with Crippen LogP contribution in [-0.4, -0.2) is 28.3 Å². The summed E-state index contributed by atoms with van der Waals surface area (Å²) in [5, 5.41) is 4.15. The number of thiophene rings is 1. The van der Waals surface area contributed by atoms with Crippen molar-refractivity contribution in [2.75, 3.05) is 18.2 Å². The number of hydrogen-bond donors (Lipinski definition) is 1. The van der Waals surface area contributed by atoms with Crippen LogP contribution in [0.4, 0.5) is 5.69 Å². The van der Waals surface area contributed by atoms with Crippen LogP contribution in [0, 0.1) is 5.92 Å². The number of aromatic nitrogens is 2. The van der Waals surface area contributed by atoms with Gasteiger partial charge in [-0.3, -0.25) is 14.2 Å². The highest BCUT2D eigenvalue weighted by Gasteiger charge is 2.25. The van der Waals surface area contributed by atoms with Gasteiger partial charge in [-0.05, 0) is 55.0 Å². The van der Waals surface area contributed by atoms with E-state index in [1.807, 2.05) is 48.5 Å². The number of amides is 1. The molecule has 0 radical (unpaired) electrons. The van der Waals surface area contributed by atoms with Crippen molar-refractivity contribution < 1.29 is 9.53 Å². The molecule has 2 aromatic heterocycles. The summed E-state index contributed by atoms with van der Waals surface area (Å²) < 4.78 is 6.87. The van der Waals surface area contributed by atoms with Gasteiger partial charge >= 0.3 is 0 Å². The molecule has 1 amide bonds. The van der Waals surface area contributed by atoms with Crippen molar-refractivity contribution in [1.29, 1.82) is 0 Å². The molecule has 8 heteroatoms. The minimum Gasteiger partial charge on any atom is -0.497 e. The number of rotatable bonds is 6. The summed E-state index contributed by atoms with van der Waals surface area (Å²) in [5.41, 5.74) is 2.52. The highest BCUT2D eigenvalue weighted by atomic mass is 32.2. The number of benzene rings is 2. The van der Waals surface area contributed by atoms with Crippen LogP contribution in [0.1, 0.15) is 23.8 Å². The largest absolute Gasteiger partial charge is 0.497 e. The number of fused-ring (bicyclic) bond motifs is 3. The van der Waals surface area contributed by atoms with Crippen LogP contribution in [-0.2, 0) is 17.6 Å². The lowest BCUT2D eigenvalue weighted by Gasteiger charge is -2.17. The Morgan fingerprint density at radius 3 is 2.85 bits per heavy atom. The molecule has 2 heterocycles. The highest BCUT2D eigenvalue weighted by molar-refractivity contribution is 7.99. The zero-order valence-electron chi connectivity index (χ0n) is 19.0. The van der Waals surface area contributed by atoms with E-state index in [1.54, 1.807) is 29.1 Å². The molecule has 0 spiro atoms. The lowest BCUT2D eigenvalue weighted by atomic mass is 9.89. The zero-order valence-corrected chi connectivity index (χ0v) is 20.7. The summed E-state index contributed by atoms with van der Waals surface area (Å²) in [6, 6.07) is 16.7. The predicted molar refractivity (Wildman–Crippen MR) is 139 cm³/mol. The molecular formula is C26H25N3O3S2. The second-order valence-electron chi connectivity index (χ2n) is 8.47. The van der Waals surface area contributed by atoms with Crippen molar-refractivity contribution in [2.24, 2.45) is 5.92 Å². The second-order valence-corrected chi connectivity index (χ2v) is 10.5. The Morgan fingerprint density at radius 1 is 1.24 bits per heavy atom. The highest BCUT2D eigenvalue weighted by Crippen LogP contribution is 2.37. The summed E-state index contributed by atoms with van der Waals surface area (Å²) in [6.07, 6.45) is 2.99. The van der Waals surface area contributed by atoms with E-state index in [9.17, 15) is 9.59 Å². The van der Waals surface area contributed by atoms with Crippen LogP contribution in [0.5, 0.6) is 5.75 Å². The van der Waals surface area contributed by atoms with E-state index in [1.165, 1.54) is 16.6 Å². The van der Waals surface area contributed by atoms with Gasteiger partial charge in [0.15, 0.2) is 5.16 Å². The Balaban J connectivity index is 1.49. The average molecular weight is 492 g/mol. The van der Waals surface area contributed by atoms with Gasteiger partial charge in [0, 0.05) is 16.6 Å². The molecule has 0 saturated heterocycles. The normalized spacial score (nSPS) is 15.2. The smallest absolute Gasteiger partial charge is 0.267 e. The van der Waals surface area contributed by atoms with Crippen molar-refractivity contribution in [3.63, 3.8) is 0 Å². The Bertz CT molecular complexity index is 1410. The van der Waals surface area contributed by atoms with Crippen molar-refractivity contribution in [1.82, 2.24) is 9.55 Å². The number of carbonyl (C=O) groups is 1. The Labute approximate surface area is 206 Å². The number of para-hydroxylation sites is 1. The fourth-order valence-corrected chi connectivity index (χ4v) is 6.54. The van der Waals surface area contributed by atoms with Gasteiger partial charge in [-0.25, -0.2) is 4.98 Å². The second kappa shape index (κ2) is 9.64. The molecule has 2 aromatic carbocycles. The third kappa shape index (κ3) is 4.48. The van der Waals surface area contributed by atoms with E-state index < -0.39 is 0 Å². The first kappa shape index (κ1) is 22.7. The van der Waals surface area contributed by atoms with Crippen LogP contribution < -0.4 is 15.6 Å². The van der Waals surface area contributed by atoms with E-state index in [2.05, 4.69) is 12.2 Å². The number of carbonyl (C=O) groups excluding carboxylic acids is 1. The number of hydrogen-bond acceptors (Lipinski definition) is 6. The monoisotopic (exact) mass is 491 g/mol. The number of thioether (sulfide) groups is 1. The first-order chi connectivity index (χ1) is 16.5. The maximum absolute atomic E-state index is 13.8.